The maximum Gasteiger partial charge on any atom is 0.223 e. The number of hydrogen-bond donors (Lipinski definition) is 1. The second kappa shape index (κ2) is 6.48. The van der Waals surface area contributed by atoms with Gasteiger partial charge in [0.1, 0.15) is 0 Å². The Balaban J connectivity index is 1.51. The van der Waals surface area contributed by atoms with E-state index < -0.39 is 0 Å². The average Bonchev–Trinajstić information content (AvgIpc) is 3.28. The minimum Gasteiger partial charge on any atom is -0.378 e. The highest BCUT2D eigenvalue weighted by Gasteiger charge is 2.46. The topological polar surface area (TPSA) is 59.4 Å². The van der Waals surface area contributed by atoms with E-state index in [0.717, 1.165) is 44.4 Å². The van der Waals surface area contributed by atoms with Crippen molar-refractivity contribution in [3.63, 3.8) is 0 Å². The van der Waals surface area contributed by atoms with Crippen molar-refractivity contribution in [2.24, 2.45) is 7.05 Å². The molecule has 6 heteroatoms. The van der Waals surface area contributed by atoms with E-state index >= 15 is 0 Å². The van der Waals surface area contributed by atoms with Gasteiger partial charge in [-0.25, -0.2) is 0 Å². The number of piperidine rings is 1. The van der Waals surface area contributed by atoms with Gasteiger partial charge in [0, 0.05) is 44.4 Å². The largest absolute Gasteiger partial charge is 0.378 e. The summed E-state index contributed by atoms with van der Waals surface area (Å²) in [5, 5.41) is 8.17. The van der Waals surface area contributed by atoms with Crippen LogP contribution in [0.25, 0.3) is 0 Å². The zero-order valence-electron chi connectivity index (χ0n) is 14.6. The SMILES string of the molecule is CCOC1CC(N[C@@H]2CCC(=O)N(C3CC3)[C@H]2c2ccnn2C)C1. The van der Waals surface area contributed by atoms with Crippen molar-refractivity contribution in [1.82, 2.24) is 20.0 Å². The third-order valence-corrected chi connectivity index (χ3v) is 5.69. The van der Waals surface area contributed by atoms with E-state index in [1.807, 2.05) is 17.9 Å². The normalized spacial score (nSPS) is 33.6. The lowest BCUT2D eigenvalue weighted by molar-refractivity contribution is -0.139. The summed E-state index contributed by atoms with van der Waals surface area (Å²) < 4.78 is 7.61. The van der Waals surface area contributed by atoms with Gasteiger partial charge in [-0.3, -0.25) is 9.48 Å². The first kappa shape index (κ1) is 16.1. The molecular weight excluding hydrogens is 304 g/mol. The Kier molecular flexibility index (Phi) is 4.35. The molecule has 0 bridgehead atoms. The van der Waals surface area contributed by atoms with Crippen LogP contribution in [0.3, 0.4) is 0 Å². The van der Waals surface area contributed by atoms with Gasteiger partial charge in [0.15, 0.2) is 0 Å². The number of ether oxygens (including phenoxy) is 1. The lowest BCUT2D eigenvalue weighted by Gasteiger charge is -2.45. The van der Waals surface area contributed by atoms with Crippen molar-refractivity contribution in [2.75, 3.05) is 6.61 Å². The number of carbonyl (C=O) groups is 1. The minimum atomic E-state index is 0.109. The quantitative estimate of drug-likeness (QED) is 0.862. The van der Waals surface area contributed by atoms with Crippen LogP contribution >= 0.6 is 0 Å². The Labute approximate surface area is 143 Å². The summed E-state index contributed by atoms with van der Waals surface area (Å²) in [4.78, 5) is 14.7. The first-order valence-corrected chi connectivity index (χ1v) is 9.34. The molecule has 132 valence electrons. The molecular formula is C18H28N4O2. The lowest BCUT2D eigenvalue weighted by Crippen LogP contribution is -2.57. The van der Waals surface area contributed by atoms with Crippen molar-refractivity contribution in [2.45, 2.75) is 75.7 Å². The Morgan fingerprint density at radius 3 is 2.75 bits per heavy atom. The Bertz CT molecular complexity index is 592. The van der Waals surface area contributed by atoms with E-state index in [9.17, 15) is 4.79 Å². The molecule has 0 radical (unpaired) electrons. The maximum atomic E-state index is 12.6. The molecule has 2 aliphatic carbocycles. The molecule has 1 aromatic heterocycles. The number of hydrogen-bond acceptors (Lipinski definition) is 4. The van der Waals surface area contributed by atoms with Crippen LogP contribution < -0.4 is 5.32 Å². The molecule has 2 heterocycles. The van der Waals surface area contributed by atoms with Gasteiger partial charge in [-0.15, -0.1) is 0 Å². The van der Waals surface area contributed by atoms with E-state index in [1.165, 1.54) is 0 Å². The van der Waals surface area contributed by atoms with Crippen molar-refractivity contribution in [1.29, 1.82) is 0 Å². The van der Waals surface area contributed by atoms with Gasteiger partial charge in [0.2, 0.25) is 5.91 Å². The Morgan fingerprint density at radius 1 is 1.33 bits per heavy atom. The zero-order chi connectivity index (χ0) is 16.7. The summed E-state index contributed by atoms with van der Waals surface area (Å²) in [6.07, 6.45) is 8.26. The predicted molar refractivity (Wildman–Crippen MR) is 90.4 cm³/mol. The molecule has 1 aliphatic heterocycles. The molecule has 1 saturated heterocycles. The number of amides is 1. The standard InChI is InChI=1S/C18H28N4O2/c1-3-24-14-10-12(11-14)20-15-6-7-17(23)22(13-4-5-13)18(15)16-8-9-19-21(16)2/h8-9,12-15,18,20H,3-7,10-11H2,1-2H3/t12?,14?,15-,18-/m1/s1. The smallest absolute Gasteiger partial charge is 0.223 e. The molecule has 6 nitrogen and oxygen atoms in total. The summed E-state index contributed by atoms with van der Waals surface area (Å²) in [6.45, 7) is 2.85. The Hall–Kier alpha value is -1.40. The monoisotopic (exact) mass is 332 g/mol. The van der Waals surface area contributed by atoms with Crippen molar-refractivity contribution in [3.8, 4) is 0 Å². The molecule has 2 atom stereocenters. The third kappa shape index (κ3) is 2.97. The fraction of sp³-hybridized carbons (Fsp3) is 0.778. The summed E-state index contributed by atoms with van der Waals surface area (Å²) in [5.74, 6) is 0.308. The number of likely N-dealkylation sites (tertiary alicyclic amines) is 1. The van der Waals surface area contributed by atoms with Gasteiger partial charge in [-0.1, -0.05) is 0 Å². The van der Waals surface area contributed by atoms with E-state index in [4.69, 9.17) is 4.74 Å². The van der Waals surface area contributed by atoms with Crippen LogP contribution in [-0.2, 0) is 16.6 Å². The molecule has 1 amide bonds. The molecule has 1 aromatic rings. The second-order valence-electron chi connectivity index (χ2n) is 7.41. The maximum absolute atomic E-state index is 12.6. The van der Waals surface area contributed by atoms with Crippen LogP contribution in [0.15, 0.2) is 12.3 Å². The van der Waals surface area contributed by atoms with Gasteiger partial charge in [0.25, 0.3) is 0 Å². The van der Waals surface area contributed by atoms with Crippen LogP contribution in [0.4, 0.5) is 0 Å². The number of rotatable bonds is 6. The van der Waals surface area contributed by atoms with Gasteiger partial charge in [-0.2, -0.15) is 5.10 Å². The van der Waals surface area contributed by atoms with Crippen molar-refractivity contribution < 1.29 is 9.53 Å². The molecule has 4 rings (SSSR count). The van der Waals surface area contributed by atoms with E-state index in [2.05, 4.69) is 28.3 Å². The third-order valence-electron chi connectivity index (χ3n) is 5.69. The van der Waals surface area contributed by atoms with Gasteiger partial charge < -0.3 is 15.0 Å². The lowest BCUT2D eigenvalue weighted by atomic mass is 9.85. The number of aryl methyl sites for hydroxylation is 1. The number of nitrogens with zero attached hydrogens (tertiary/aromatic N) is 3. The number of carbonyl (C=O) groups excluding carboxylic acids is 1. The van der Waals surface area contributed by atoms with Gasteiger partial charge in [-0.05, 0) is 45.1 Å². The number of aromatic nitrogens is 2. The highest BCUT2D eigenvalue weighted by Crippen LogP contribution is 2.41. The van der Waals surface area contributed by atoms with E-state index in [0.29, 0.717) is 36.6 Å². The summed E-state index contributed by atoms with van der Waals surface area (Å²) in [5.41, 5.74) is 1.15. The molecule has 0 unspecified atom stereocenters. The number of nitrogens with one attached hydrogen (secondary N) is 1. The average molecular weight is 332 g/mol. The molecule has 1 N–H and O–H groups in total. The minimum absolute atomic E-state index is 0.109. The highest BCUT2D eigenvalue weighted by molar-refractivity contribution is 5.78. The second-order valence-corrected chi connectivity index (χ2v) is 7.41. The Morgan fingerprint density at radius 2 is 2.12 bits per heavy atom. The van der Waals surface area contributed by atoms with E-state index in [-0.39, 0.29) is 6.04 Å². The van der Waals surface area contributed by atoms with Crippen LogP contribution in [0.5, 0.6) is 0 Å². The predicted octanol–water partition coefficient (Wildman–Crippen LogP) is 1.77. The fourth-order valence-corrected chi connectivity index (χ4v) is 4.27. The molecule has 3 aliphatic rings. The van der Waals surface area contributed by atoms with Crippen LogP contribution in [0, 0.1) is 0 Å². The molecule has 2 saturated carbocycles. The first-order valence-electron chi connectivity index (χ1n) is 9.34. The first-order chi connectivity index (χ1) is 11.7. The fourth-order valence-electron chi connectivity index (χ4n) is 4.27. The summed E-state index contributed by atoms with van der Waals surface area (Å²) in [7, 11) is 1.98. The van der Waals surface area contributed by atoms with Crippen LogP contribution in [0.2, 0.25) is 0 Å². The molecule has 24 heavy (non-hydrogen) atoms. The van der Waals surface area contributed by atoms with Gasteiger partial charge in [0.05, 0.1) is 17.8 Å². The van der Waals surface area contributed by atoms with E-state index in [1.54, 1.807) is 0 Å². The zero-order valence-corrected chi connectivity index (χ0v) is 14.6. The van der Waals surface area contributed by atoms with Gasteiger partial charge >= 0.3 is 0 Å². The highest BCUT2D eigenvalue weighted by atomic mass is 16.5. The molecule has 0 aromatic carbocycles. The van der Waals surface area contributed by atoms with Crippen LogP contribution in [-0.4, -0.2) is 51.4 Å². The summed E-state index contributed by atoms with van der Waals surface area (Å²) in [6, 6.07) is 3.43. The van der Waals surface area contributed by atoms with Crippen LogP contribution in [0.1, 0.15) is 57.2 Å². The molecule has 3 fully saturated rings. The molecule has 0 spiro atoms. The van der Waals surface area contributed by atoms with Crippen molar-refractivity contribution >= 4 is 5.91 Å². The summed E-state index contributed by atoms with van der Waals surface area (Å²) >= 11 is 0. The van der Waals surface area contributed by atoms with Crippen molar-refractivity contribution in [3.05, 3.63) is 18.0 Å².